The fraction of sp³-hybridized carbons (Fsp3) is 0.491. The summed E-state index contributed by atoms with van der Waals surface area (Å²) in [4.78, 5) is 25.8. The Labute approximate surface area is 397 Å². The molecule has 2 nitrogen and oxygen atoms in total. The van der Waals surface area contributed by atoms with Crippen molar-refractivity contribution in [2.24, 2.45) is 0 Å². The number of carbonyl (C=O) groups is 1. The SMILES string of the molecule is CCCCCCc1cc(-c2sc(-c3sc(-c4sc(-c5ccc6c(c5)CCc5ccccc5N6CC)cc4CCCCCC)cc3CCCCCC)cc2CCCCCC)sc1C=O. The molecule has 0 saturated carbocycles. The summed E-state index contributed by atoms with van der Waals surface area (Å²) in [5.74, 6) is 0. The van der Waals surface area contributed by atoms with Crippen LogP contribution in [0, 0.1) is 0 Å². The molecule has 0 aliphatic carbocycles. The van der Waals surface area contributed by atoms with Crippen molar-refractivity contribution in [1.82, 2.24) is 0 Å². The number of nitrogens with zero attached hydrogens (tertiary/aromatic N) is 1. The molecule has 0 radical (unpaired) electrons. The Morgan fingerprint density at radius 3 is 1.43 bits per heavy atom. The van der Waals surface area contributed by atoms with E-state index in [9.17, 15) is 4.79 Å². The van der Waals surface area contributed by atoms with Gasteiger partial charge in [0.2, 0.25) is 0 Å². The highest BCUT2D eigenvalue weighted by Crippen LogP contribution is 2.50. The van der Waals surface area contributed by atoms with Gasteiger partial charge < -0.3 is 4.90 Å². The zero-order chi connectivity index (χ0) is 44.0. The van der Waals surface area contributed by atoms with Crippen LogP contribution in [0.25, 0.3) is 39.7 Å². The first-order chi connectivity index (χ1) is 31.0. The Hall–Kier alpha value is -3.29. The second-order valence-corrected chi connectivity index (χ2v) is 22.2. The highest BCUT2D eigenvalue weighted by atomic mass is 32.1. The van der Waals surface area contributed by atoms with Gasteiger partial charge in [-0.15, -0.1) is 45.3 Å². The molecule has 7 rings (SSSR count). The summed E-state index contributed by atoms with van der Waals surface area (Å²) in [6.45, 7) is 12.5. The van der Waals surface area contributed by atoms with Gasteiger partial charge in [-0.1, -0.05) is 129 Å². The molecule has 0 saturated heterocycles. The summed E-state index contributed by atoms with van der Waals surface area (Å²) in [6.07, 6.45) is 27.8. The summed E-state index contributed by atoms with van der Waals surface area (Å²) < 4.78 is 0. The third-order valence-electron chi connectivity index (χ3n) is 13.2. The highest BCUT2D eigenvalue weighted by Gasteiger charge is 2.24. The Morgan fingerprint density at radius 1 is 0.460 bits per heavy atom. The van der Waals surface area contributed by atoms with Crippen LogP contribution in [0.3, 0.4) is 0 Å². The molecule has 336 valence electrons. The minimum absolute atomic E-state index is 0.936. The van der Waals surface area contributed by atoms with Crippen LogP contribution in [-0.4, -0.2) is 12.8 Å². The molecular formula is C57H73NOS4. The number of para-hydroxylation sites is 1. The van der Waals surface area contributed by atoms with Gasteiger partial charge in [0, 0.05) is 52.1 Å². The number of aldehydes is 1. The van der Waals surface area contributed by atoms with Gasteiger partial charge in [0.15, 0.2) is 6.29 Å². The summed E-state index contributed by atoms with van der Waals surface area (Å²) in [5.41, 5.74) is 12.8. The summed E-state index contributed by atoms with van der Waals surface area (Å²) in [5, 5.41) is 0. The van der Waals surface area contributed by atoms with Crippen LogP contribution in [0.2, 0.25) is 0 Å². The molecule has 6 heteroatoms. The molecule has 0 spiro atoms. The molecular weight excluding hydrogens is 843 g/mol. The van der Waals surface area contributed by atoms with Gasteiger partial charge in [-0.3, -0.25) is 4.79 Å². The number of anilines is 2. The van der Waals surface area contributed by atoms with Crippen LogP contribution in [0.15, 0.2) is 66.7 Å². The number of thiophene rings is 4. The number of hydrogen-bond donors (Lipinski definition) is 0. The van der Waals surface area contributed by atoms with Crippen molar-refractivity contribution < 1.29 is 4.79 Å². The van der Waals surface area contributed by atoms with Crippen LogP contribution >= 0.6 is 45.3 Å². The number of carbonyl (C=O) groups excluding carboxylic acids is 1. The van der Waals surface area contributed by atoms with Gasteiger partial charge in [-0.2, -0.15) is 0 Å². The lowest BCUT2D eigenvalue weighted by Gasteiger charge is -2.25. The summed E-state index contributed by atoms with van der Waals surface area (Å²) >= 11 is 7.83. The maximum Gasteiger partial charge on any atom is 0.160 e. The standard InChI is InChI=1S/C57H73NOS4/c1-6-11-15-19-26-43-36-51(60-54(43)40-59)55-46(28-21-17-13-8-3)38-53(62-55)57-47(29-22-18-14-9-4)39-52(63-57)56-45(27-20-16-12-7-2)37-50(61-56)44-33-34-49-42(35-44)32-31-41-25-23-24-30-48(41)58(49)10-5/h23-25,30,33-40H,6-22,26-29,31-32H2,1-5H3. The third kappa shape index (κ3) is 11.9. The molecule has 5 heterocycles. The first kappa shape index (κ1) is 47.7. The number of unbranched alkanes of at least 4 members (excludes halogenated alkanes) is 12. The predicted molar refractivity (Wildman–Crippen MR) is 283 cm³/mol. The van der Waals surface area contributed by atoms with Gasteiger partial charge in [0.1, 0.15) is 0 Å². The topological polar surface area (TPSA) is 20.3 Å². The largest absolute Gasteiger partial charge is 0.341 e. The van der Waals surface area contributed by atoms with Crippen molar-refractivity contribution in [2.45, 2.75) is 176 Å². The molecule has 0 amide bonds. The van der Waals surface area contributed by atoms with E-state index in [1.807, 2.05) is 22.7 Å². The second kappa shape index (κ2) is 24.3. The molecule has 0 N–H and O–H groups in total. The van der Waals surface area contributed by atoms with E-state index in [1.165, 1.54) is 181 Å². The molecule has 4 aromatic heterocycles. The molecule has 63 heavy (non-hydrogen) atoms. The van der Waals surface area contributed by atoms with Gasteiger partial charge in [0.05, 0.1) is 4.88 Å². The van der Waals surface area contributed by atoms with Gasteiger partial charge >= 0.3 is 0 Å². The van der Waals surface area contributed by atoms with E-state index >= 15 is 0 Å². The fourth-order valence-corrected chi connectivity index (χ4v) is 14.6. The van der Waals surface area contributed by atoms with E-state index in [4.69, 9.17) is 0 Å². The zero-order valence-corrected chi connectivity index (χ0v) is 42.4. The number of rotatable bonds is 26. The van der Waals surface area contributed by atoms with Crippen LogP contribution in [0.1, 0.15) is 180 Å². The minimum atomic E-state index is 0.936. The summed E-state index contributed by atoms with van der Waals surface area (Å²) in [7, 11) is 0. The van der Waals surface area contributed by atoms with Crippen LogP contribution in [-0.2, 0) is 38.5 Å². The molecule has 0 atom stereocenters. The lowest BCUT2D eigenvalue weighted by atomic mass is 10.0. The van der Waals surface area contributed by atoms with Crippen LogP contribution < -0.4 is 4.90 Å². The highest BCUT2D eigenvalue weighted by molar-refractivity contribution is 7.29. The fourth-order valence-electron chi connectivity index (χ4n) is 9.58. The first-order valence-corrected chi connectivity index (χ1v) is 28.2. The smallest absolute Gasteiger partial charge is 0.160 e. The van der Waals surface area contributed by atoms with Crippen molar-refractivity contribution >= 4 is 63.0 Å². The second-order valence-electron chi connectivity index (χ2n) is 18.0. The van der Waals surface area contributed by atoms with Crippen molar-refractivity contribution in [2.75, 3.05) is 11.4 Å². The van der Waals surface area contributed by atoms with Crippen LogP contribution in [0.4, 0.5) is 11.4 Å². The molecule has 0 fully saturated rings. The Morgan fingerprint density at radius 2 is 0.905 bits per heavy atom. The average molecular weight is 916 g/mol. The van der Waals surface area contributed by atoms with Crippen molar-refractivity contribution in [1.29, 1.82) is 0 Å². The maximum atomic E-state index is 12.4. The van der Waals surface area contributed by atoms with E-state index < -0.39 is 0 Å². The van der Waals surface area contributed by atoms with Gasteiger partial charge in [0.25, 0.3) is 0 Å². The van der Waals surface area contributed by atoms with E-state index in [0.717, 1.165) is 62.7 Å². The quantitative estimate of drug-likeness (QED) is 0.0399. The van der Waals surface area contributed by atoms with Crippen molar-refractivity contribution in [3.05, 3.63) is 105 Å². The van der Waals surface area contributed by atoms with E-state index in [1.54, 1.807) is 11.3 Å². The van der Waals surface area contributed by atoms with Crippen molar-refractivity contribution in [3.63, 3.8) is 0 Å². The van der Waals surface area contributed by atoms with Gasteiger partial charge in [-0.05, 0) is 153 Å². The lowest BCUT2D eigenvalue weighted by Crippen LogP contribution is -2.17. The van der Waals surface area contributed by atoms with E-state index in [-0.39, 0.29) is 0 Å². The normalized spacial score (nSPS) is 12.5. The molecule has 0 unspecified atom stereocenters. The summed E-state index contributed by atoms with van der Waals surface area (Å²) in [6, 6.07) is 26.5. The Bertz CT molecular complexity index is 2350. The molecule has 0 bridgehead atoms. The van der Waals surface area contributed by atoms with Crippen LogP contribution in [0.5, 0.6) is 0 Å². The van der Waals surface area contributed by atoms with E-state index in [2.05, 4.69) is 118 Å². The predicted octanol–water partition coefficient (Wildman–Crippen LogP) is 19.2. The molecule has 2 aromatic carbocycles. The molecule has 6 aromatic rings. The monoisotopic (exact) mass is 915 g/mol. The lowest BCUT2D eigenvalue weighted by molar-refractivity contribution is 0.112. The number of hydrogen-bond acceptors (Lipinski definition) is 6. The molecule has 1 aliphatic heterocycles. The molecule has 1 aliphatic rings. The minimum Gasteiger partial charge on any atom is -0.341 e. The maximum absolute atomic E-state index is 12.4. The van der Waals surface area contributed by atoms with Crippen molar-refractivity contribution in [3.8, 4) is 39.7 Å². The number of aryl methyl sites for hydroxylation is 6. The van der Waals surface area contributed by atoms with Gasteiger partial charge in [-0.25, -0.2) is 0 Å². The zero-order valence-electron chi connectivity index (χ0n) is 39.2. The first-order valence-electron chi connectivity index (χ1n) is 25.0. The Balaban J connectivity index is 1.28. The Kier molecular flexibility index (Phi) is 18.4. The third-order valence-corrected chi connectivity index (χ3v) is 18.4. The number of benzene rings is 2. The van der Waals surface area contributed by atoms with E-state index in [0.29, 0.717) is 0 Å². The number of fused-ring (bicyclic) bond motifs is 2. The average Bonchev–Trinajstić information content (AvgIpc) is 4.10.